The monoisotopic (exact) mass is 635 g/mol. The predicted octanol–water partition coefficient (Wildman–Crippen LogP) is 5.77. The first-order valence-corrected chi connectivity index (χ1v) is 17.0. The summed E-state index contributed by atoms with van der Waals surface area (Å²) >= 11 is 0. The number of methoxy groups -OCH3 is 2. The largest absolute Gasteiger partial charge is 0.493 e. The zero-order valence-corrected chi connectivity index (χ0v) is 27.7. The summed E-state index contributed by atoms with van der Waals surface area (Å²) in [7, 11) is -1.35. The van der Waals surface area contributed by atoms with Crippen molar-refractivity contribution in [1.29, 1.82) is 0 Å². The molecule has 1 N–H and O–H groups in total. The smallest absolute Gasteiger partial charge is 0.264 e. The predicted molar refractivity (Wildman–Crippen MR) is 176 cm³/mol. The van der Waals surface area contributed by atoms with E-state index < -0.39 is 28.5 Å². The number of ether oxygens (including phenoxy) is 2. The second-order valence-corrected chi connectivity index (χ2v) is 13.4. The van der Waals surface area contributed by atoms with E-state index in [1.165, 1.54) is 37.3 Å². The van der Waals surface area contributed by atoms with E-state index in [9.17, 15) is 18.0 Å². The number of hydrogen-bond donors (Lipinski definition) is 1. The van der Waals surface area contributed by atoms with Crippen LogP contribution in [-0.2, 0) is 26.2 Å². The Labute approximate surface area is 267 Å². The molecule has 0 heterocycles. The lowest BCUT2D eigenvalue weighted by molar-refractivity contribution is -0.140. The number of sulfonamides is 1. The molecule has 4 rings (SSSR count). The van der Waals surface area contributed by atoms with Crippen molar-refractivity contribution in [3.05, 3.63) is 83.4 Å². The summed E-state index contributed by atoms with van der Waals surface area (Å²) in [6.45, 7) is 5.41. The fourth-order valence-electron chi connectivity index (χ4n) is 5.78. The molecule has 0 aliphatic heterocycles. The van der Waals surface area contributed by atoms with Crippen LogP contribution in [0.3, 0.4) is 0 Å². The maximum absolute atomic E-state index is 14.4. The Bertz CT molecular complexity index is 1570. The van der Waals surface area contributed by atoms with Gasteiger partial charge in [-0.05, 0) is 68.5 Å². The van der Waals surface area contributed by atoms with Crippen LogP contribution in [-0.4, -0.2) is 58.0 Å². The van der Waals surface area contributed by atoms with Gasteiger partial charge in [0.15, 0.2) is 11.5 Å². The Balaban J connectivity index is 1.74. The molecule has 3 aromatic rings. The molecule has 1 aliphatic carbocycles. The van der Waals surface area contributed by atoms with Gasteiger partial charge in [-0.3, -0.25) is 13.9 Å². The lowest BCUT2D eigenvalue weighted by Gasteiger charge is -2.34. The second-order valence-electron chi connectivity index (χ2n) is 11.6. The maximum atomic E-state index is 14.4. The van der Waals surface area contributed by atoms with E-state index in [2.05, 4.69) is 5.32 Å². The number of nitrogens with one attached hydrogen (secondary N) is 1. The summed E-state index contributed by atoms with van der Waals surface area (Å²) in [6, 6.07) is 18.3. The molecule has 0 unspecified atom stereocenters. The number of anilines is 1. The van der Waals surface area contributed by atoms with Crippen molar-refractivity contribution < 1.29 is 27.5 Å². The second kappa shape index (κ2) is 15.3. The number of amides is 2. The first-order chi connectivity index (χ1) is 21.6. The summed E-state index contributed by atoms with van der Waals surface area (Å²) < 4.78 is 40.3. The summed E-state index contributed by atoms with van der Waals surface area (Å²) in [5, 5.41) is 3.19. The van der Waals surface area contributed by atoms with Crippen LogP contribution in [0.15, 0.2) is 71.6 Å². The van der Waals surface area contributed by atoms with Gasteiger partial charge in [0.2, 0.25) is 11.8 Å². The highest BCUT2D eigenvalue weighted by Gasteiger charge is 2.35. The molecule has 0 radical (unpaired) electrons. The van der Waals surface area contributed by atoms with Gasteiger partial charge in [0.1, 0.15) is 12.6 Å². The molecule has 45 heavy (non-hydrogen) atoms. The molecule has 2 amide bonds. The fraction of sp³-hybridized carbons (Fsp3) is 0.429. The van der Waals surface area contributed by atoms with Gasteiger partial charge in [0.05, 0.1) is 24.8 Å². The van der Waals surface area contributed by atoms with Crippen LogP contribution in [0.5, 0.6) is 11.5 Å². The van der Waals surface area contributed by atoms with Gasteiger partial charge < -0.3 is 19.7 Å². The van der Waals surface area contributed by atoms with E-state index in [1.807, 2.05) is 45.0 Å². The number of aryl methyl sites for hydroxylation is 2. The van der Waals surface area contributed by atoms with Gasteiger partial charge in [0.25, 0.3) is 10.0 Å². The number of carbonyl (C=O) groups excluding carboxylic acids is 2. The fourth-order valence-corrected chi connectivity index (χ4v) is 7.21. The molecule has 9 nitrogen and oxygen atoms in total. The van der Waals surface area contributed by atoms with Crippen LogP contribution in [0, 0.1) is 13.8 Å². The van der Waals surface area contributed by atoms with Crippen molar-refractivity contribution in [2.45, 2.75) is 82.8 Å². The molecule has 0 aromatic heterocycles. The molecule has 10 heteroatoms. The lowest BCUT2D eigenvalue weighted by atomic mass is 9.95. The molecule has 0 saturated heterocycles. The zero-order chi connectivity index (χ0) is 32.6. The van der Waals surface area contributed by atoms with Gasteiger partial charge in [-0.2, -0.15) is 0 Å². The molecule has 242 valence electrons. The number of hydrogen-bond acceptors (Lipinski definition) is 6. The molecular weight excluding hydrogens is 590 g/mol. The van der Waals surface area contributed by atoms with Crippen LogP contribution >= 0.6 is 0 Å². The molecule has 0 bridgehead atoms. The third kappa shape index (κ3) is 8.16. The van der Waals surface area contributed by atoms with Crippen molar-refractivity contribution in [1.82, 2.24) is 10.2 Å². The Morgan fingerprint density at radius 2 is 1.58 bits per heavy atom. The van der Waals surface area contributed by atoms with E-state index >= 15 is 0 Å². The highest BCUT2D eigenvalue weighted by Crippen LogP contribution is 2.32. The molecule has 3 aromatic carbocycles. The van der Waals surface area contributed by atoms with E-state index in [4.69, 9.17) is 9.47 Å². The molecule has 1 saturated carbocycles. The zero-order valence-electron chi connectivity index (χ0n) is 26.9. The van der Waals surface area contributed by atoms with Crippen LogP contribution in [0.4, 0.5) is 5.69 Å². The van der Waals surface area contributed by atoms with E-state index in [0.29, 0.717) is 17.9 Å². The van der Waals surface area contributed by atoms with Gasteiger partial charge >= 0.3 is 0 Å². The minimum Gasteiger partial charge on any atom is -0.493 e. The molecule has 1 atom stereocenters. The SMILES string of the molecule is CC[C@@H](C(=O)NC1CCCCC1)N(Cc1ccccc1C)C(=O)CN(c1ccc(C)cc1)S(=O)(=O)c1ccc(OC)c(OC)c1. The number of nitrogens with zero attached hydrogens (tertiary/aromatic N) is 2. The van der Waals surface area contributed by atoms with Crippen molar-refractivity contribution >= 4 is 27.5 Å². The molecule has 1 aliphatic rings. The number of benzene rings is 3. The summed E-state index contributed by atoms with van der Waals surface area (Å²) in [5.41, 5.74) is 3.14. The van der Waals surface area contributed by atoms with Gasteiger partial charge in [-0.1, -0.05) is 68.1 Å². The molecule has 0 spiro atoms. The van der Waals surface area contributed by atoms with Crippen LogP contribution < -0.4 is 19.1 Å². The Morgan fingerprint density at radius 1 is 0.911 bits per heavy atom. The summed E-state index contributed by atoms with van der Waals surface area (Å²) in [5.74, 6) is -0.0570. The normalized spacial score (nSPS) is 14.3. The quantitative estimate of drug-likeness (QED) is 0.256. The van der Waals surface area contributed by atoms with E-state index in [0.717, 1.165) is 53.1 Å². The number of rotatable bonds is 13. The van der Waals surface area contributed by atoms with Crippen molar-refractivity contribution in [2.75, 3.05) is 25.1 Å². The van der Waals surface area contributed by atoms with Gasteiger partial charge in [-0.25, -0.2) is 8.42 Å². The Kier molecular flexibility index (Phi) is 11.5. The van der Waals surface area contributed by atoms with E-state index in [1.54, 1.807) is 24.3 Å². The topological polar surface area (TPSA) is 105 Å². The lowest BCUT2D eigenvalue weighted by Crippen LogP contribution is -2.54. The standard InChI is InChI=1S/C35H45N3O6S/c1-6-31(35(40)36-28-14-8-7-9-15-28)37(23-27-13-11-10-12-26(27)3)34(39)24-38(29-18-16-25(2)17-19-29)45(41,42)30-20-21-32(43-4)33(22-30)44-5/h10-13,16-22,28,31H,6-9,14-15,23-24H2,1-5H3,(H,36,40)/t31-/m0/s1. The highest BCUT2D eigenvalue weighted by atomic mass is 32.2. The average Bonchev–Trinajstić information content (AvgIpc) is 3.04. The summed E-state index contributed by atoms with van der Waals surface area (Å²) in [6.07, 6.45) is 5.49. The minimum atomic E-state index is -4.26. The first-order valence-electron chi connectivity index (χ1n) is 15.5. The maximum Gasteiger partial charge on any atom is 0.264 e. The third-order valence-electron chi connectivity index (χ3n) is 8.48. The summed E-state index contributed by atoms with van der Waals surface area (Å²) in [4.78, 5) is 29.6. The van der Waals surface area contributed by atoms with Gasteiger partial charge in [-0.15, -0.1) is 0 Å². The van der Waals surface area contributed by atoms with E-state index in [-0.39, 0.29) is 29.1 Å². The molecule has 1 fully saturated rings. The minimum absolute atomic E-state index is 0.0546. The van der Waals surface area contributed by atoms with Crippen LogP contribution in [0.2, 0.25) is 0 Å². The van der Waals surface area contributed by atoms with Crippen molar-refractivity contribution in [3.63, 3.8) is 0 Å². The first kappa shape index (κ1) is 33.8. The average molecular weight is 636 g/mol. The van der Waals surface area contributed by atoms with Crippen LogP contribution in [0.1, 0.15) is 62.1 Å². The van der Waals surface area contributed by atoms with Crippen LogP contribution in [0.25, 0.3) is 0 Å². The van der Waals surface area contributed by atoms with Gasteiger partial charge in [0, 0.05) is 18.7 Å². The highest BCUT2D eigenvalue weighted by molar-refractivity contribution is 7.92. The Morgan fingerprint density at radius 3 is 2.20 bits per heavy atom. The third-order valence-corrected chi connectivity index (χ3v) is 10.3. The van der Waals surface area contributed by atoms with Crippen molar-refractivity contribution in [2.24, 2.45) is 0 Å². The van der Waals surface area contributed by atoms with Crippen molar-refractivity contribution in [3.8, 4) is 11.5 Å². The molecular formula is C35H45N3O6S. The number of carbonyl (C=O) groups is 2. The Hall–Kier alpha value is -4.05.